The standard InChI is InChI=1S/C43H52N4O4/c1-31-40(29-47-25-9-13-38(47)28-46-23-7-8-24-46)50-42(51-41(31)35-17-15-33(30-48)16-18-35)36-21-19-34(20-22-36)39-14-6-5-12-37(39)27-45-43(49)44-26-32-10-3-2-4-11-32/h2-6,10-12,14-22,31,38,40-42,48H,7-9,13,23-30H2,1H3,(H2,44,45,49)/t31-,38+,40+,41+,42+/m1/s1. The molecule has 3 fully saturated rings. The second-order valence-corrected chi connectivity index (χ2v) is 14.4. The fourth-order valence-corrected chi connectivity index (χ4v) is 7.96. The van der Waals surface area contributed by atoms with Gasteiger partial charge in [-0.2, -0.15) is 0 Å². The van der Waals surface area contributed by atoms with E-state index in [1.165, 1.54) is 38.8 Å². The van der Waals surface area contributed by atoms with Crippen molar-refractivity contribution in [3.8, 4) is 11.1 Å². The second-order valence-electron chi connectivity index (χ2n) is 14.4. The number of hydrogen-bond donors (Lipinski definition) is 3. The summed E-state index contributed by atoms with van der Waals surface area (Å²) in [6, 6.07) is 35.1. The van der Waals surface area contributed by atoms with Crippen LogP contribution >= 0.6 is 0 Å². The third kappa shape index (κ3) is 8.88. The number of aliphatic hydroxyl groups is 1. The lowest BCUT2D eigenvalue weighted by molar-refractivity contribution is -0.276. The quantitative estimate of drug-likeness (QED) is 0.146. The summed E-state index contributed by atoms with van der Waals surface area (Å²) in [6.45, 7) is 8.79. The molecule has 0 radical (unpaired) electrons. The first-order chi connectivity index (χ1) is 25.0. The molecular formula is C43H52N4O4. The Balaban J connectivity index is 1.05. The van der Waals surface area contributed by atoms with E-state index in [2.05, 4.69) is 75.9 Å². The fourth-order valence-electron chi connectivity index (χ4n) is 7.96. The fraction of sp³-hybridized carbons (Fsp3) is 0.419. The highest BCUT2D eigenvalue weighted by molar-refractivity contribution is 5.75. The van der Waals surface area contributed by atoms with Crippen LogP contribution in [0.3, 0.4) is 0 Å². The largest absolute Gasteiger partial charge is 0.392 e. The molecule has 3 heterocycles. The van der Waals surface area contributed by atoms with E-state index in [4.69, 9.17) is 9.47 Å². The molecule has 0 aromatic heterocycles. The van der Waals surface area contributed by atoms with Gasteiger partial charge < -0.3 is 30.1 Å². The number of amides is 2. The van der Waals surface area contributed by atoms with Crippen molar-refractivity contribution >= 4 is 6.03 Å². The van der Waals surface area contributed by atoms with E-state index >= 15 is 0 Å². The average Bonchev–Trinajstić information content (AvgIpc) is 3.87. The van der Waals surface area contributed by atoms with Crippen molar-refractivity contribution < 1.29 is 19.4 Å². The molecule has 2 amide bonds. The molecule has 0 saturated carbocycles. The number of nitrogens with zero attached hydrogens (tertiary/aromatic N) is 2. The van der Waals surface area contributed by atoms with Gasteiger partial charge in [0, 0.05) is 43.7 Å². The maximum Gasteiger partial charge on any atom is 0.315 e. The van der Waals surface area contributed by atoms with Crippen molar-refractivity contribution in [1.82, 2.24) is 20.4 Å². The van der Waals surface area contributed by atoms with E-state index in [0.717, 1.165) is 58.6 Å². The average molecular weight is 689 g/mol. The van der Waals surface area contributed by atoms with Crippen LogP contribution < -0.4 is 10.6 Å². The molecule has 3 aliphatic rings. The first kappa shape index (κ1) is 35.4. The normalized spacial score (nSPS) is 24.1. The second kappa shape index (κ2) is 17.0. The Morgan fingerprint density at radius 3 is 2.22 bits per heavy atom. The predicted octanol–water partition coefficient (Wildman–Crippen LogP) is 7.20. The number of benzene rings is 4. The number of urea groups is 1. The summed E-state index contributed by atoms with van der Waals surface area (Å²) in [5, 5.41) is 15.6. The van der Waals surface area contributed by atoms with Gasteiger partial charge in [-0.25, -0.2) is 4.79 Å². The zero-order chi connectivity index (χ0) is 35.0. The van der Waals surface area contributed by atoms with Crippen molar-refractivity contribution in [1.29, 1.82) is 0 Å². The molecule has 0 spiro atoms. The molecule has 4 aromatic rings. The van der Waals surface area contributed by atoms with Crippen LogP contribution in [0.2, 0.25) is 0 Å². The van der Waals surface area contributed by atoms with E-state index in [1.54, 1.807) is 0 Å². The Kier molecular flexibility index (Phi) is 11.8. The molecule has 3 aliphatic heterocycles. The Bertz CT molecular complexity index is 1690. The molecule has 0 aliphatic carbocycles. The van der Waals surface area contributed by atoms with E-state index in [1.807, 2.05) is 54.6 Å². The Morgan fingerprint density at radius 2 is 1.45 bits per heavy atom. The molecule has 0 bridgehead atoms. The summed E-state index contributed by atoms with van der Waals surface area (Å²) in [4.78, 5) is 17.9. The van der Waals surface area contributed by atoms with Crippen LogP contribution in [0.4, 0.5) is 4.79 Å². The summed E-state index contributed by atoms with van der Waals surface area (Å²) in [5.41, 5.74) is 7.23. The smallest absolute Gasteiger partial charge is 0.315 e. The van der Waals surface area contributed by atoms with Gasteiger partial charge in [0.1, 0.15) is 0 Å². The number of hydrogen-bond acceptors (Lipinski definition) is 6. The van der Waals surface area contributed by atoms with Gasteiger partial charge in [0.05, 0.1) is 18.8 Å². The number of likely N-dealkylation sites (tertiary alicyclic amines) is 2. The molecule has 7 rings (SSSR count). The lowest BCUT2D eigenvalue weighted by atomic mass is 9.89. The summed E-state index contributed by atoms with van der Waals surface area (Å²) < 4.78 is 13.7. The maximum atomic E-state index is 12.6. The third-order valence-electron chi connectivity index (χ3n) is 11.0. The molecule has 268 valence electrons. The van der Waals surface area contributed by atoms with Crippen LogP contribution in [0.25, 0.3) is 11.1 Å². The number of carbonyl (C=O) groups is 1. The summed E-state index contributed by atoms with van der Waals surface area (Å²) in [7, 11) is 0. The summed E-state index contributed by atoms with van der Waals surface area (Å²) >= 11 is 0. The van der Waals surface area contributed by atoms with Gasteiger partial charge in [0.25, 0.3) is 0 Å². The van der Waals surface area contributed by atoms with E-state index in [9.17, 15) is 9.90 Å². The van der Waals surface area contributed by atoms with Gasteiger partial charge in [-0.1, -0.05) is 110 Å². The number of ether oxygens (including phenoxy) is 2. The van der Waals surface area contributed by atoms with Crippen LogP contribution in [-0.2, 0) is 29.2 Å². The first-order valence-electron chi connectivity index (χ1n) is 18.7. The predicted molar refractivity (Wildman–Crippen MR) is 201 cm³/mol. The molecule has 3 N–H and O–H groups in total. The van der Waals surface area contributed by atoms with E-state index in [0.29, 0.717) is 19.1 Å². The van der Waals surface area contributed by atoms with Gasteiger partial charge in [-0.15, -0.1) is 0 Å². The van der Waals surface area contributed by atoms with Crippen molar-refractivity contribution in [3.63, 3.8) is 0 Å². The minimum atomic E-state index is -0.507. The Hall–Kier alpha value is -4.05. The minimum Gasteiger partial charge on any atom is -0.392 e. The lowest BCUT2D eigenvalue weighted by Crippen LogP contribution is -2.48. The number of aliphatic hydroxyl groups excluding tert-OH is 1. The molecule has 3 saturated heterocycles. The monoisotopic (exact) mass is 688 g/mol. The van der Waals surface area contributed by atoms with Gasteiger partial charge in [-0.3, -0.25) is 4.90 Å². The summed E-state index contributed by atoms with van der Waals surface area (Å²) in [6.07, 6.45) is 4.49. The van der Waals surface area contributed by atoms with Crippen molar-refractivity contribution in [3.05, 3.63) is 131 Å². The molecular weight excluding hydrogens is 636 g/mol. The highest BCUT2D eigenvalue weighted by Gasteiger charge is 2.41. The maximum absolute atomic E-state index is 12.6. The third-order valence-corrected chi connectivity index (χ3v) is 11.0. The SMILES string of the molecule is C[C@@H]1[C@H](CN2CCC[C@H]2CN2CCCC2)O[C@H](c2ccc(-c3ccccc3CNC(=O)NCc3ccccc3)cc2)O[C@@H]1c1ccc(CO)cc1. The van der Waals surface area contributed by atoms with Crippen LogP contribution in [0.1, 0.15) is 72.8 Å². The first-order valence-corrected chi connectivity index (χ1v) is 18.7. The van der Waals surface area contributed by atoms with Crippen molar-refractivity contribution in [2.75, 3.05) is 32.7 Å². The molecule has 8 heteroatoms. The van der Waals surface area contributed by atoms with Gasteiger partial charge in [0.2, 0.25) is 0 Å². The Morgan fingerprint density at radius 1 is 0.745 bits per heavy atom. The topological polar surface area (TPSA) is 86.3 Å². The van der Waals surface area contributed by atoms with Crippen LogP contribution in [0.15, 0.2) is 103 Å². The molecule has 51 heavy (non-hydrogen) atoms. The van der Waals surface area contributed by atoms with Crippen molar-refractivity contribution in [2.24, 2.45) is 5.92 Å². The molecule has 0 unspecified atom stereocenters. The van der Waals surface area contributed by atoms with Crippen LogP contribution in [0.5, 0.6) is 0 Å². The number of carbonyl (C=O) groups excluding carboxylic acids is 1. The number of nitrogens with one attached hydrogen (secondary N) is 2. The number of rotatable bonds is 12. The zero-order valence-electron chi connectivity index (χ0n) is 29.8. The molecule has 5 atom stereocenters. The van der Waals surface area contributed by atoms with Crippen LogP contribution in [-0.4, -0.2) is 65.8 Å². The highest BCUT2D eigenvalue weighted by Crippen LogP contribution is 2.42. The molecule has 8 nitrogen and oxygen atoms in total. The van der Waals surface area contributed by atoms with Crippen LogP contribution in [0, 0.1) is 5.92 Å². The van der Waals surface area contributed by atoms with Gasteiger partial charge in [-0.05, 0) is 78.7 Å². The van der Waals surface area contributed by atoms with E-state index in [-0.39, 0.29) is 30.8 Å². The highest BCUT2D eigenvalue weighted by atomic mass is 16.7. The molecule has 4 aromatic carbocycles. The van der Waals surface area contributed by atoms with Gasteiger partial charge in [0.15, 0.2) is 6.29 Å². The van der Waals surface area contributed by atoms with Crippen molar-refractivity contribution in [2.45, 2.75) is 76.8 Å². The lowest BCUT2D eigenvalue weighted by Gasteiger charge is -2.43. The van der Waals surface area contributed by atoms with E-state index < -0.39 is 6.29 Å². The summed E-state index contributed by atoms with van der Waals surface area (Å²) in [5.74, 6) is 0.151. The Labute approximate surface area is 302 Å². The van der Waals surface area contributed by atoms with Gasteiger partial charge >= 0.3 is 6.03 Å². The minimum absolute atomic E-state index is 0.00459. The zero-order valence-corrected chi connectivity index (χ0v) is 29.8.